The van der Waals surface area contributed by atoms with E-state index >= 15 is 0 Å². The summed E-state index contributed by atoms with van der Waals surface area (Å²) in [6.07, 6.45) is 8.28. The quantitative estimate of drug-likeness (QED) is 0.681. The summed E-state index contributed by atoms with van der Waals surface area (Å²) in [5.74, 6) is 0.976. The molecule has 3 aliphatic carbocycles. The summed E-state index contributed by atoms with van der Waals surface area (Å²) in [5, 5.41) is 3.40. The van der Waals surface area contributed by atoms with Crippen LogP contribution in [0.3, 0.4) is 0 Å². The van der Waals surface area contributed by atoms with Crippen molar-refractivity contribution in [3.63, 3.8) is 0 Å². The molecule has 1 amide bonds. The Hall–Kier alpha value is -1.92. The molecule has 0 radical (unpaired) electrons. The Morgan fingerprint density at radius 2 is 1.71 bits per heavy atom. The van der Waals surface area contributed by atoms with E-state index in [4.69, 9.17) is 15.2 Å². The van der Waals surface area contributed by atoms with Crippen LogP contribution in [0.2, 0.25) is 0 Å². The number of amides is 1. The van der Waals surface area contributed by atoms with Gasteiger partial charge in [-0.05, 0) is 81.4 Å². The minimum Gasteiger partial charge on any atom is -0.489 e. The van der Waals surface area contributed by atoms with Crippen molar-refractivity contribution in [1.29, 1.82) is 0 Å². The van der Waals surface area contributed by atoms with E-state index in [0.717, 1.165) is 70.3 Å². The summed E-state index contributed by atoms with van der Waals surface area (Å²) >= 11 is 0. The number of benzene rings is 1. The Bertz CT molecular complexity index is 790. The normalized spacial score (nSPS) is 30.1. The van der Waals surface area contributed by atoms with Crippen LogP contribution < -0.4 is 15.8 Å². The molecule has 0 unspecified atom stereocenters. The Morgan fingerprint density at radius 3 is 2.26 bits per heavy atom. The van der Waals surface area contributed by atoms with Crippen LogP contribution in [0.1, 0.15) is 63.9 Å². The molecule has 1 saturated heterocycles. The van der Waals surface area contributed by atoms with Gasteiger partial charge in [0.25, 0.3) is 0 Å². The average Bonchev–Trinajstić information content (AvgIpc) is 2.81. The molecule has 0 spiro atoms. The highest BCUT2D eigenvalue weighted by Gasteiger charge is 2.53. The number of ether oxygens (including phenoxy) is 2. The van der Waals surface area contributed by atoms with Crippen molar-refractivity contribution in [2.75, 3.05) is 26.4 Å². The van der Waals surface area contributed by atoms with E-state index in [1.54, 1.807) is 0 Å². The molecule has 5 nitrogen and oxygen atoms in total. The van der Waals surface area contributed by atoms with Crippen molar-refractivity contribution in [2.24, 2.45) is 11.1 Å². The van der Waals surface area contributed by atoms with Crippen molar-refractivity contribution in [3.8, 4) is 5.75 Å². The zero-order chi connectivity index (χ0) is 22.0. The summed E-state index contributed by atoms with van der Waals surface area (Å²) in [4.78, 5) is 13.3. The molecule has 3 saturated carbocycles. The highest BCUT2D eigenvalue weighted by Crippen LogP contribution is 2.58. The molecule has 4 fully saturated rings. The lowest BCUT2D eigenvalue weighted by molar-refractivity contribution is -0.141. The standard InChI is InChI=1S/C25H35FN2O3/c1-23(12-14-30-15-13-23)28-22(29)25-9-6-24(7-10-25,8-11-25)20-2-4-21(5-3-20)31-18-19(16-26)17-27/h2-5,16H,6-15,17-18,27H2,1H3,(H,28,29)/b19-16+. The van der Waals surface area contributed by atoms with Crippen LogP contribution >= 0.6 is 0 Å². The highest BCUT2D eigenvalue weighted by atomic mass is 19.1. The van der Waals surface area contributed by atoms with Crippen molar-refractivity contribution in [1.82, 2.24) is 5.32 Å². The lowest BCUT2D eigenvalue weighted by atomic mass is 9.51. The summed E-state index contributed by atoms with van der Waals surface area (Å²) in [5.41, 5.74) is 7.06. The van der Waals surface area contributed by atoms with Gasteiger partial charge in [0.05, 0.1) is 6.33 Å². The molecule has 5 rings (SSSR count). The molecule has 170 valence electrons. The predicted octanol–water partition coefficient (Wildman–Crippen LogP) is 4.15. The lowest BCUT2D eigenvalue weighted by Gasteiger charge is -2.53. The zero-order valence-electron chi connectivity index (χ0n) is 18.6. The summed E-state index contributed by atoms with van der Waals surface area (Å²) < 4.78 is 23.8. The number of carbonyl (C=O) groups excluding carboxylic acids is 1. The van der Waals surface area contributed by atoms with Crippen LogP contribution in [-0.2, 0) is 14.9 Å². The molecule has 1 aliphatic heterocycles. The largest absolute Gasteiger partial charge is 0.489 e. The Labute approximate surface area is 184 Å². The van der Waals surface area contributed by atoms with Crippen LogP contribution in [0.4, 0.5) is 4.39 Å². The predicted molar refractivity (Wildman–Crippen MR) is 119 cm³/mol. The van der Waals surface area contributed by atoms with E-state index in [0.29, 0.717) is 11.9 Å². The van der Waals surface area contributed by atoms with Gasteiger partial charge in [0.2, 0.25) is 5.91 Å². The molecule has 2 bridgehead atoms. The van der Waals surface area contributed by atoms with Gasteiger partial charge in [0.15, 0.2) is 0 Å². The Kier molecular flexibility index (Phi) is 6.40. The number of hydrogen-bond donors (Lipinski definition) is 2. The van der Waals surface area contributed by atoms with Crippen LogP contribution in [0.5, 0.6) is 5.75 Å². The van der Waals surface area contributed by atoms with Crippen LogP contribution in [0.15, 0.2) is 36.2 Å². The summed E-state index contributed by atoms with van der Waals surface area (Å²) in [6, 6.07) is 8.20. The smallest absolute Gasteiger partial charge is 0.226 e. The number of nitrogens with two attached hydrogens (primary N) is 1. The van der Waals surface area contributed by atoms with E-state index < -0.39 is 0 Å². The van der Waals surface area contributed by atoms with Gasteiger partial charge in [-0.1, -0.05) is 12.1 Å². The maximum atomic E-state index is 13.3. The SMILES string of the molecule is CC1(NC(=O)C23CCC(c4ccc(OC/C(=C/F)CN)cc4)(CC2)CC3)CCOCC1. The van der Waals surface area contributed by atoms with Crippen LogP contribution in [0, 0.1) is 5.41 Å². The fraction of sp³-hybridized carbons (Fsp3) is 0.640. The van der Waals surface area contributed by atoms with Gasteiger partial charge in [-0.3, -0.25) is 4.79 Å². The molecule has 31 heavy (non-hydrogen) atoms. The third-order valence-corrected chi connectivity index (χ3v) is 8.05. The topological polar surface area (TPSA) is 73.6 Å². The third kappa shape index (κ3) is 4.51. The first-order valence-corrected chi connectivity index (χ1v) is 11.5. The average molecular weight is 431 g/mol. The molecule has 1 heterocycles. The molecule has 1 aromatic carbocycles. The first-order chi connectivity index (χ1) is 14.9. The molecular weight excluding hydrogens is 395 g/mol. The van der Waals surface area contributed by atoms with Gasteiger partial charge in [-0.25, -0.2) is 4.39 Å². The van der Waals surface area contributed by atoms with Gasteiger partial charge in [-0.2, -0.15) is 0 Å². The monoisotopic (exact) mass is 430 g/mol. The van der Waals surface area contributed by atoms with E-state index in [1.807, 2.05) is 12.1 Å². The molecule has 3 N–H and O–H groups in total. The van der Waals surface area contributed by atoms with Gasteiger partial charge < -0.3 is 20.5 Å². The van der Waals surface area contributed by atoms with Gasteiger partial charge in [-0.15, -0.1) is 0 Å². The first-order valence-electron chi connectivity index (χ1n) is 11.5. The molecule has 6 heteroatoms. The molecule has 1 aromatic rings. The number of hydrogen-bond acceptors (Lipinski definition) is 4. The second kappa shape index (κ2) is 8.91. The van der Waals surface area contributed by atoms with E-state index in [-0.39, 0.29) is 35.4 Å². The van der Waals surface area contributed by atoms with Crippen molar-refractivity contribution in [2.45, 2.75) is 69.2 Å². The van der Waals surface area contributed by atoms with Gasteiger partial charge in [0, 0.05) is 36.3 Å². The first kappa shape index (κ1) is 22.3. The number of nitrogens with one attached hydrogen (secondary N) is 1. The minimum atomic E-state index is -0.205. The fourth-order valence-corrected chi connectivity index (χ4v) is 5.53. The molecule has 0 aromatic heterocycles. The van der Waals surface area contributed by atoms with E-state index in [9.17, 15) is 9.18 Å². The van der Waals surface area contributed by atoms with Crippen LogP contribution in [-0.4, -0.2) is 37.8 Å². The van der Waals surface area contributed by atoms with Crippen molar-refractivity contribution >= 4 is 5.91 Å². The fourth-order valence-electron chi connectivity index (χ4n) is 5.53. The number of fused-ring (bicyclic) bond motifs is 3. The van der Waals surface area contributed by atoms with E-state index in [1.165, 1.54) is 5.56 Å². The number of halogens is 1. The second-order valence-electron chi connectivity index (χ2n) is 9.97. The molecule has 0 atom stereocenters. The lowest BCUT2D eigenvalue weighted by Crippen LogP contribution is -2.58. The molecule has 4 aliphatic rings. The highest BCUT2D eigenvalue weighted by molar-refractivity contribution is 5.84. The zero-order valence-corrected chi connectivity index (χ0v) is 18.6. The third-order valence-electron chi connectivity index (χ3n) is 8.05. The minimum absolute atomic E-state index is 0.132. The summed E-state index contributed by atoms with van der Waals surface area (Å²) in [7, 11) is 0. The summed E-state index contributed by atoms with van der Waals surface area (Å²) in [6.45, 7) is 3.93. The van der Waals surface area contributed by atoms with Gasteiger partial charge >= 0.3 is 0 Å². The second-order valence-corrected chi connectivity index (χ2v) is 9.97. The number of rotatable bonds is 7. The van der Waals surface area contributed by atoms with E-state index in [2.05, 4.69) is 24.4 Å². The van der Waals surface area contributed by atoms with Gasteiger partial charge in [0.1, 0.15) is 12.4 Å². The Morgan fingerprint density at radius 1 is 1.10 bits per heavy atom. The maximum absolute atomic E-state index is 13.3. The van der Waals surface area contributed by atoms with Crippen LogP contribution in [0.25, 0.3) is 0 Å². The van der Waals surface area contributed by atoms with Crippen molar-refractivity contribution in [3.05, 3.63) is 41.7 Å². The Balaban J connectivity index is 1.37. The molecular formula is C25H35FN2O3. The van der Waals surface area contributed by atoms with Crippen molar-refractivity contribution < 1.29 is 18.7 Å². The number of carbonyl (C=O) groups is 1. The maximum Gasteiger partial charge on any atom is 0.226 e.